The van der Waals surface area contributed by atoms with Crippen LogP contribution in [-0.4, -0.2) is 157 Å². The Morgan fingerprint density at radius 1 is 0.444 bits per heavy atom. The molecule has 3 N–H and O–H groups in total. The monoisotopic (exact) mass is 1150 g/mol. The summed E-state index contributed by atoms with van der Waals surface area (Å²) in [7, 11) is 1.52. The molecule has 1 aromatic rings. The van der Waals surface area contributed by atoms with Crippen molar-refractivity contribution in [2.75, 3.05) is 79.4 Å². The van der Waals surface area contributed by atoms with Gasteiger partial charge in [-0.2, -0.15) is 0 Å². The first-order chi connectivity index (χ1) is 39.3. The number of esters is 2. The van der Waals surface area contributed by atoms with E-state index in [1.165, 1.54) is 58.5 Å². The average Bonchev–Trinajstić information content (AvgIpc) is 4.36. The molecule has 2 aliphatic heterocycles. The number of nitrogens with zero attached hydrogens (tertiary/aromatic N) is 5. The number of nitrogens with one attached hydrogen (secondary N) is 3. The predicted octanol–water partition coefficient (Wildman–Crippen LogP) is 8.19. The smallest absolute Gasteiger partial charge is 0.407 e. The van der Waals surface area contributed by atoms with Crippen LogP contribution >= 0.6 is 0 Å². The van der Waals surface area contributed by atoms with E-state index in [9.17, 15) is 38.4 Å². The second-order valence-corrected chi connectivity index (χ2v) is 22.2. The number of amides is 3. The van der Waals surface area contributed by atoms with Crippen molar-refractivity contribution in [3.8, 4) is 0 Å². The van der Waals surface area contributed by atoms with Gasteiger partial charge in [-0.05, 0) is 65.2 Å². The van der Waals surface area contributed by atoms with Gasteiger partial charge in [0.05, 0.1) is 6.61 Å². The summed E-state index contributed by atoms with van der Waals surface area (Å²) >= 11 is 0. The number of unbranched alkanes of at least 4 members (excludes halogenated alkanes) is 21. The van der Waals surface area contributed by atoms with E-state index in [0.29, 0.717) is 135 Å². The van der Waals surface area contributed by atoms with Gasteiger partial charge in [0.25, 0.3) is 0 Å². The lowest BCUT2D eigenvalue weighted by Crippen LogP contribution is -2.54. The van der Waals surface area contributed by atoms with Gasteiger partial charge in [0, 0.05) is 97.5 Å². The molecule has 466 valence electrons. The van der Waals surface area contributed by atoms with Crippen molar-refractivity contribution in [3.05, 3.63) is 31.5 Å². The van der Waals surface area contributed by atoms with Gasteiger partial charge in [0.15, 0.2) is 12.2 Å². The van der Waals surface area contributed by atoms with Crippen LogP contribution in [0.4, 0.5) is 14.4 Å². The third-order valence-electron chi connectivity index (χ3n) is 14.9. The molecular formula is C59H106N8O14. The molecule has 22 heteroatoms. The lowest BCUT2D eigenvalue weighted by Gasteiger charge is -2.19. The SMILES string of the molecule is CCCCCCCCCC(=O)OCC(CN1CC1C)OC(=O)NCCCCCCn1c(=O)n(CCCCCCNC(=O)OCCOC)c(=O)n(CCCCCCNC(=O)OC(COC(=O)CCCCCCCCC)CN2CC2C)c1=O. The van der Waals surface area contributed by atoms with E-state index in [0.717, 1.165) is 71.7 Å². The summed E-state index contributed by atoms with van der Waals surface area (Å²) in [4.78, 5) is 108. The number of hydrogen-bond acceptors (Lipinski definition) is 16. The van der Waals surface area contributed by atoms with Gasteiger partial charge in [0.2, 0.25) is 0 Å². The minimum atomic E-state index is -0.650. The second kappa shape index (κ2) is 43.7. The Morgan fingerprint density at radius 3 is 1.11 bits per heavy atom. The van der Waals surface area contributed by atoms with Gasteiger partial charge >= 0.3 is 47.3 Å². The highest BCUT2D eigenvalue weighted by Gasteiger charge is 2.34. The molecule has 3 heterocycles. The highest BCUT2D eigenvalue weighted by Crippen LogP contribution is 2.19. The van der Waals surface area contributed by atoms with Crippen LogP contribution in [-0.2, 0) is 57.6 Å². The van der Waals surface area contributed by atoms with Crippen molar-refractivity contribution in [2.24, 2.45) is 0 Å². The molecule has 2 aliphatic rings. The van der Waals surface area contributed by atoms with E-state index in [1.54, 1.807) is 0 Å². The fourth-order valence-corrected chi connectivity index (χ4v) is 9.56. The van der Waals surface area contributed by atoms with Crippen molar-refractivity contribution >= 4 is 30.2 Å². The van der Waals surface area contributed by atoms with Crippen LogP contribution in [0, 0.1) is 0 Å². The van der Waals surface area contributed by atoms with E-state index in [-0.39, 0.29) is 51.4 Å². The van der Waals surface area contributed by atoms with E-state index in [4.69, 9.17) is 28.4 Å². The number of aromatic nitrogens is 3. The minimum Gasteiger partial charge on any atom is -0.462 e. The number of carbonyl (C=O) groups is 5. The second-order valence-electron chi connectivity index (χ2n) is 22.2. The Labute approximate surface area is 482 Å². The molecule has 3 rings (SSSR count). The summed E-state index contributed by atoms with van der Waals surface area (Å²) in [5, 5.41) is 8.31. The third kappa shape index (κ3) is 33.1. The molecule has 22 nitrogen and oxygen atoms in total. The van der Waals surface area contributed by atoms with Crippen LogP contribution in [0.5, 0.6) is 0 Å². The number of alkyl carbamates (subject to hydrolysis) is 3. The van der Waals surface area contributed by atoms with Gasteiger partial charge < -0.3 is 44.4 Å². The van der Waals surface area contributed by atoms with Crippen molar-refractivity contribution in [3.63, 3.8) is 0 Å². The molecule has 0 bridgehead atoms. The standard InChI is InChI=1S/C59H106N8O14/c1-6-8-10-12-14-16-24-32-52(68)78-46-50(44-63-42-48(63)3)80-55(71)61-35-27-19-22-30-38-66-57(73)65(37-29-21-18-26-34-60-54(70)77-41-40-76-5)58(74)67(59(66)75)39-31-23-20-28-36-62-56(72)81-51(45-64-43-49(64)4)47-79-53(69)33-25-17-15-13-11-9-7-2/h48-51H,6-47H2,1-5H3,(H,60,70)(H,61,71)(H,62,72). The molecule has 0 spiro atoms. The quantitative estimate of drug-likeness (QED) is 0.0241. The molecule has 3 amide bonds. The lowest BCUT2D eigenvalue weighted by atomic mass is 10.1. The molecule has 6 unspecified atom stereocenters. The zero-order chi connectivity index (χ0) is 58.9. The van der Waals surface area contributed by atoms with Crippen molar-refractivity contribution in [2.45, 2.75) is 251 Å². The number of carbonyl (C=O) groups excluding carboxylic acids is 5. The maximum atomic E-state index is 13.8. The Morgan fingerprint density at radius 2 is 0.765 bits per heavy atom. The van der Waals surface area contributed by atoms with Crippen LogP contribution in [0.3, 0.4) is 0 Å². The highest BCUT2D eigenvalue weighted by molar-refractivity contribution is 5.70. The van der Waals surface area contributed by atoms with E-state index in [1.807, 2.05) is 0 Å². The first-order valence-corrected chi connectivity index (χ1v) is 31.3. The van der Waals surface area contributed by atoms with Crippen LogP contribution in [0.15, 0.2) is 14.4 Å². The van der Waals surface area contributed by atoms with E-state index in [2.05, 4.69) is 53.4 Å². The van der Waals surface area contributed by atoms with E-state index < -0.39 is 47.6 Å². The molecule has 1 aromatic heterocycles. The summed E-state index contributed by atoms with van der Waals surface area (Å²) in [5.41, 5.74) is -1.94. The van der Waals surface area contributed by atoms with Gasteiger partial charge in [-0.15, -0.1) is 0 Å². The molecule has 0 aromatic carbocycles. The normalized spacial score (nSPS) is 17.0. The van der Waals surface area contributed by atoms with Gasteiger partial charge in [0.1, 0.15) is 19.8 Å². The summed E-state index contributed by atoms with van der Waals surface area (Å²) in [6.45, 7) is 13.3. The summed E-state index contributed by atoms with van der Waals surface area (Å²) in [6.07, 6.45) is 20.9. The van der Waals surface area contributed by atoms with Gasteiger partial charge in [-0.1, -0.05) is 129 Å². The molecule has 6 atom stereocenters. The van der Waals surface area contributed by atoms with Crippen LogP contribution in [0.2, 0.25) is 0 Å². The third-order valence-corrected chi connectivity index (χ3v) is 14.9. The molecular weight excluding hydrogens is 1040 g/mol. The van der Waals surface area contributed by atoms with Crippen LogP contribution in [0.1, 0.15) is 207 Å². The summed E-state index contributed by atoms with van der Waals surface area (Å²) < 4.78 is 35.8. The predicted molar refractivity (Wildman–Crippen MR) is 312 cm³/mol. The summed E-state index contributed by atoms with van der Waals surface area (Å²) in [6, 6.07) is 0.781. The topological polar surface area (TPSA) is 249 Å². The Bertz CT molecular complexity index is 1980. The maximum Gasteiger partial charge on any atom is 0.407 e. The molecule has 81 heavy (non-hydrogen) atoms. The number of rotatable bonds is 50. The fourth-order valence-electron chi connectivity index (χ4n) is 9.56. The van der Waals surface area contributed by atoms with Crippen LogP contribution < -0.4 is 33.0 Å². The van der Waals surface area contributed by atoms with Crippen molar-refractivity contribution in [1.82, 2.24) is 39.5 Å². The first-order valence-electron chi connectivity index (χ1n) is 31.3. The number of methoxy groups -OCH3 is 1. The first kappa shape index (κ1) is 70.3. The van der Waals surface area contributed by atoms with Crippen molar-refractivity contribution < 1.29 is 52.4 Å². The largest absolute Gasteiger partial charge is 0.462 e. The molecule has 0 radical (unpaired) electrons. The Kier molecular flexibility index (Phi) is 37.9. The fraction of sp³-hybridized carbons (Fsp3) is 0.864. The summed E-state index contributed by atoms with van der Waals surface area (Å²) in [5.74, 6) is -0.556. The molecule has 2 saturated heterocycles. The van der Waals surface area contributed by atoms with Crippen molar-refractivity contribution in [1.29, 1.82) is 0 Å². The number of hydrogen-bond donors (Lipinski definition) is 3. The van der Waals surface area contributed by atoms with Gasteiger partial charge in [-0.25, -0.2) is 42.5 Å². The zero-order valence-electron chi connectivity index (χ0n) is 50.5. The number of ether oxygens (including phenoxy) is 6. The zero-order valence-corrected chi connectivity index (χ0v) is 50.5. The lowest BCUT2D eigenvalue weighted by molar-refractivity contribution is -0.147. The minimum absolute atomic E-state index is 0.00725. The maximum absolute atomic E-state index is 13.8. The Hall–Kier alpha value is -4.96. The highest BCUT2D eigenvalue weighted by atomic mass is 16.6. The van der Waals surface area contributed by atoms with Gasteiger partial charge in [-0.3, -0.25) is 19.4 Å². The Balaban J connectivity index is 1.46. The molecule has 2 fully saturated rings. The van der Waals surface area contributed by atoms with E-state index >= 15 is 0 Å². The van der Waals surface area contributed by atoms with Crippen LogP contribution in [0.25, 0.3) is 0 Å². The average molecular weight is 1150 g/mol. The molecule has 0 saturated carbocycles. The molecule has 0 aliphatic carbocycles.